The molecule has 1 aromatic carbocycles. The maximum absolute atomic E-state index is 12.0. The first kappa shape index (κ1) is 17.0. The molecule has 0 spiro atoms. The molecule has 0 bridgehead atoms. The molecule has 22 heavy (non-hydrogen) atoms. The standard InChI is InChI=1S/C18H28N2O2/c1-18(2,3)22-17(21)15-9-7-14(8-10-15)12-20-11-5-6-16(13-20)19-4/h7-10,16,19H,5-6,11-13H2,1-4H3/t16-/m0/s1. The Kier molecular flexibility index (Phi) is 5.59. The summed E-state index contributed by atoms with van der Waals surface area (Å²) < 4.78 is 5.38. The number of benzene rings is 1. The molecule has 4 heteroatoms. The van der Waals surface area contributed by atoms with Gasteiger partial charge in [0.15, 0.2) is 0 Å². The average molecular weight is 304 g/mol. The van der Waals surface area contributed by atoms with Crippen LogP contribution in [0.5, 0.6) is 0 Å². The molecule has 0 aliphatic carbocycles. The Labute approximate surface area is 133 Å². The third kappa shape index (κ3) is 5.11. The van der Waals surface area contributed by atoms with Crippen molar-refractivity contribution in [2.24, 2.45) is 0 Å². The van der Waals surface area contributed by atoms with Crippen LogP contribution < -0.4 is 5.32 Å². The summed E-state index contributed by atoms with van der Waals surface area (Å²) in [5.74, 6) is -0.257. The van der Waals surface area contributed by atoms with Gasteiger partial charge in [0.25, 0.3) is 0 Å². The van der Waals surface area contributed by atoms with E-state index in [4.69, 9.17) is 4.74 Å². The van der Waals surface area contributed by atoms with Crippen LogP contribution in [0.3, 0.4) is 0 Å². The van der Waals surface area contributed by atoms with Crippen LogP contribution in [0.2, 0.25) is 0 Å². The van der Waals surface area contributed by atoms with E-state index in [0.29, 0.717) is 11.6 Å². The van der Waals surface area contributed by atoms with Gasteiger partial charge in [0.1, 0.15) is 5.60 Å². The van der Waals surface area contributed by atoms with E-state index in [9.17, 15) is 4.79 Å². The van der Waals surface area contributed by atoms with Crippen molar-refractivity contribution < 1.29 is 9.53 Å². The fourth-order valence-electron chi connectivity index (χ4n) is 2.78. The molecule has 1 atom stereocenters. The number of carbonyl (C=O) groups excluding carboxylic acids is 1. The molecule has 1 saturated heterocycles. The van der Waals surface area contributed by atoms with E-state index in [-0.39, 0.29) is 5.97 Å². The quantitative estimate of drug-likeness (QED) is 0.869. The molecule has 2 rings (SSSR count). The first-order valence-electron chi connectivity index (χ1n) is 8.09. The van der Waals surface area contributed by atoms with Gasteiger partial charge in [-0.3, -0.25) is 4.90 Å². The largest absolute Gasteiger partial charge is 0.456 e. The van der Waals surface area contributed by atoms with Gasteiger partial charge in [-0.1, -0.05) is 12.1 Å². The predicted molar refractivity (Wildman–Crippen MR) is 89.0 cm³/mol. The summed E-state index contributed by atoms with van der Waals surface area (Å²) in [6.07, 6.45) is 2.49. The van der Waals surface area contributed by atoms with Crippen LogP contribution in [-0.2, 0) is 11.3 Å². The number of carbonyl (C=O) groups is 1. The highest BCUT2D eigenvalue weighted by Gasteiger charge is 2.19. The van der Waals surface area contributed by atoms with Crippen molar-refractivity contribution in [2.75, 3.05) is 20.1 Å². The number of likely N-dealkylation sites (N-methyl/N-ethyl adjacent to an activating group) is 1. The normalized spacial score (nSPS) is 19.9. The minimum absolute atomic E-state index is 0.257. The number of piperidine rings is 1. The van der Waals surface area contributed by atoms with Gasteiger partial charge in [0.05, 0.1) is 5.56 Å². The molecule has 0 saturated carbocycles. The van der Waals surface area contributed by atoms with Crippen LogP contribution in [0, 0.1) is 0 Å². The van der Waals surface area contributed by atoms with E-state index < -0.39 is 5.60 Å². The number of hydrogen-bond donors (Lipinski definition) is 1. The molecule has 122 valence electrons. The molecule has 0 aromatic heterocycles. The van der Waals surface area contributed by atoms with Gasteiger partial charge >= 0.3 is 5.97 Å². The van der Waals surface area contributed by atoms with Crippen molar-refractivity contribution in [3.63, 3.8) is 0 Å². The van der Waals surface area contributed by atoms with Crippen LogP contribution in [-0.4, -0.2) is 42.6 Å². The topological polar surface area (TPSA) is 41.6 Å². The Hall–Kier alpha value is -1.39. The second kappa shape index (κ2) is 7.25. The third-order valence-electron chi connectivity index (χ3n) is 3.91. The minimum Gasteiger partial charge on any atom is -0.456 e. The van der Waals surface area contributed by atoms with Gasteiger partial charge in [0, 0.05) is 19.1 Å². The van der Waals surface area contributed by atoms with Crippen molar-refractivity contribution in [2.45, 2.75) is 51.8 Å². The van der Waals surface area contributed by atoms with E-state index in [2.05, 4.69) is 10.2 Å². The van der Waals surface area contributed by atoms with Crippen LogP contribution in [0.15, 0.2) is 24.3 Å². The Morgan fingerprint density at radius 3 is 2.59 bits per heavy atom. The molecular weight excluding hydrogens is 276 g/mol. The molecular formula is C18H28N2O2. The highest BCUT2D eigenvalue weighted by atomic mass is 16.6. The number of nitrogens with zero attached hydrogens (tertiary/aromatic N) is 1. The molecule has 1 N–H and O–H groups in total. The monoisotopic (exact) mass is 304 g/mol. The van der Waals surface area contributed by atoms with E-state index in [1.165, 1.54) is 18.4 Å². The second-order valence-corrected chi connectivity index (χ2v) is 7.06. The molecule has 1 aliphatic rings. The van der Waals surface area contributed by atoms with Crippen LogP contribution in [0.4, 0.5) is 0 Å². The number of ether oxygens (including phenoxy) is 1. The first-order chi connectivity index (χ1) is 10.4. The molecule has 0 amide bonds. The summed E-state index contributed by atoms with van der Waals surface area (Å²) >= 11 is 0. The summed E-state index contributed by atoms with van der Waals surface area (Å²) in [4.78, 5) is 14.5. The summed E-state index contributed by atoms with van der Waals surface area (Å²) in [7, 11) is 2.03. The zero-order chi connectivity index (χ0) is 16.2. The second-order valence-electron chi connectivity index (χ2n) is 7.06. The molecule has 1 heterocycles. The first-order valence-corrected chi connectivity index (χ1v) is 8.09. The Balaban J connectivity index is 1.93. The van der Waals surface area contributed by atoms with Crippen molar-refractivity contribution in [1.29, 1.82) is 0 Å². The predicted octanol–water partition coefficient (Wildman–Crippen LogP) is 2.83. The Bertz CT molecular complexity index is 491. The van der Waals surface area contributed by atoms with E-state index in [0.717, 1.165) is 19.6 Å². The zero-order valence-electron chi connectivity index (χ0n) is 14.2. The Morgan fingerprint density at radius 1 is 1.32 bits per heavy atom. The van der Waals surface area contributed by atoms with Gasteiger partial charge in [-0.25, -0.2) is 4.79 Å². The van der Waals surface area contributed by atoms with Gasteiger partial charge in [0.2, 0.25) is 0 Å². The lowest BCUT2D eigenvalue weighted by Gasteiger charge is -2.32. The third-order valence-corrected chi connectivity index (χ3v) is 3.91. The number of nitrogens with one attached hydrogen (secondary N) is 1. The molecule has 0 unspecified atom stereocenters. The molecule has 1 fully saturated rings. The van der Waals surface area contributed by atoms with Crippen LogP contribution in [0.25, 0.3) is 0 Å². The zero-order valence-corrected chi connectivity index (χ0v) is 14.2. The fraction of sp³-hybridized carbons (Fsp3) is 0.611. The number of likely N-dealkylation sites (tertiary alicyclic amines) is 1. The summed E-state index contributed by atoms with van der Waals surface area (Å²) in [5, 5.41) is 3.36. The van der Waals surface area contributed by atoms with E-state index in [1.807, 2.05) is 52.1 Å². The number of hydrogen-bond acceptors (Lipinski definition) is 4. The van der Waals surface area contributed by atoms with Crippen molar-refractivity contribution in [1.82, 2.24) is 10.2 Å². The highest BCUT2D eigenvalue weighted by molar-refractivity contribution is 5.89. The molecule has 1 aliphatic heterocycles. The van der Waals surface area contributed by atoms with E-state index >= 15 is 0 Å². The fourth-order valence-corrected chi connectivity index (χ4v) is 2.78. The molecule has 1 aromatic rings. The smallest absolute Gasteiger partial charge is 0.338 e. The highest BCUT2D eigenvalue weighted by Crippen LogP contribution is 2.16. The van der Waals surface area contributed by atoms with Gasteiger partial charge < -0.3 is 10.1 Å². The van der Waals surface area contributed by atoms with Crippen molar-refractivity contribution >= 4 is 5.97 Å². The van der Waals surface area contributed by atoms with Gasteiger partial charge in [-0.05, 0) is 64.9 Å². The van der Waals surface area contributed by atoms with Crippen LogP contribution in [0.1, 0.15) is 49.5 Å². The maximum atomic E-state index is 12.0. The summed E-state index contributed by atoms with van der Waals surface area (Å²) in [6, 6.07) is 8.38. The lowest BCUT2D eigenvalue weighted by atomic mass is 10.0. The van der Waals surface area contributed by atoms with E-state index in [1.54, 1.807) is 0 Å². The molecule has 4 nitrogen and oxygen atoms in total. The van der Waals surface area contributed by atoms with Gasteiger partial charge in [-0.2, -0.15) is 0 Å². The minimum atomic E-state index is -0.453. The summed E-state index contributed by atoms with van der Waals surface area (Å²) in [6.45, 7) is 8.82. The van der Waals surface area contributed by atoms with Crippen LogP contribution >= 0.6 is 0 Å². The van der Waals surface area contributed by atoms with Gasteiger partial charge in [-0.15, -0.1) is 0 Å². The Morgan fingerprint density at radius 2 is 2.00 bits per heavy atom. The maximum Gasteiger partial charge on any atom is 0.338 e. The number of rotatable bonds is 4. The average Bonchev–Trinajstić information content (AvgIpc) is 2.46. The lowest BCUT2D eigenvalue weighted by molar-refractivity contribution is 0.00695. The lowest BCUT2D eigenvalue weighted by Crippen LogP contribution is -2.43. The number of esters is 1. The SMILES string of the molecule is CN[C@H]1CCCN(Cc2ccc(C(=O)OC(C)(C)C)cc2)C1. The van der Waals surface area contributed by atoms with Crippen molar-refractivity contribution in [3.8, 4) is 0 Å². The van der Waals surface area contributed by atoms with Crippen molar-refractivity contribution in [3.05, 3.63) is 35.4 Å². The summed E-state index contributed by atoms with van der Waals surface area (Å²) in [5.41, 5.74) is 1.40. The molecule has 0 radical (unpaired) electrons.